The number of aryl methyl sites for hydroxylation is 1. The zero-order chi connectivity index (χ0) is 23.2. The highest BCUT2D eigenvalue weighted by Gasteiger charge is 2.11. The van der Waals surface area contributed by atoms with E-state index in [2.05, 4.69) is 70.5 Å². The van der Waals surface area contributed by atoms with Crippen molar-refractivity contribution < 1.29 is 4.79 Å². The van der Waals surface area contributed by atoms with E-state index in [-0.39, 0.29) is 5.91 Å². The van der Waals surface area contributed by atoms with Crippen LogP contribution in [-0.4, -0.2) is 51.9 Å². The minimum absolute atomic E-state index is 0.0658. The number of nitrogens with one attached hydrogen (secondary N) is 3. The fourth-order valence-corrected chi connectivity index (χ4v) is 3.69. The van der Waals surface area contributed by atoms with E-state index in [1.54, 1.807) is 6.20 Å². The average molecular weight is 443 g/mol. The van der Waals surface area contributed by atoms with Gasteiger partial charge in [-0.25, -0.2) is 9.97 Å². The van der Waals surface area contributed by atoms with Crippen molar-refractivity contribution >= 4 is 28.4 Å². The van der Waals surface area contributed by atoms with Crippen LogP contribution in [0.2, 0.25) is 0 Å². The van der Waals surface area contributed by atoms with Crippen molar-refractivity contribution in [2.24, 2.45) is 0 Å². The molecule has 0 unspecified atom stereocenters. The van der Waals surface area contributed by atoms with Crippen molar-refractivity contribution in [3.8, 4) is 11.4 Å². The van der Waals surface area contributed by atoms with Gasteiger partial charge in [-0.2, -0.15) is 0 Å². The summed E-state index contributed by atoms with van der Waals surface area (Å²) in [7, 11) is 0. The number of fused-ring (bicyclic) bond motifs is 1. The third kappa shape index (κ3) is 5.38. The number of likely N-dealkylation sites (N-methyl/N-ethyl adjacent to an activating group) is 1. The van der Waals surface area contributed by atoms with Crippen LogP contribution in [0.1, 0.15) is 29.8 Å². The lowest BCUT2D eigenvalue weighted by molar-refractivity contribution is 0.0949. The van der Waals surface area contributed by atoms with Gasteiger partial charge in [-0.1, -0.05) is 43.7 Å². The summed E-state index contributed by atoms with van der Waals surface area (Å²) < 4.78 is 0. The molecule has 0 atom stereocenters. The lowest BCUT2D eigenvalue weighted by Gasteiger charge is -2.18. The van der Waals surface area contributed by atoms with Crippen LogP contribution >= 0.6 is 0 Å². The molecule has 0 saturated carbocycles. The van der Waals surface area contributed by atoms with Crippen LogP contribution in [0, 0.1) is 6.92 Å². The number of aromatic nitrogens is 3. The molecule has 0 fully saturated rings. The maximum atomic E-state index is 12.4. The van der Waals surface area contributed by atoms with Gasteiger partial charge in [0.2, 0.25) is 0 Å². The summed E-state index contributed by atoms with van der Waals surface area (Å²) >= 11 is 0. The highest BCUT2D eigenvalue weighted by atomic mass is 16.1. The van der Waals surface area contributed by atoms with Gasteiger partial charge in [0, 0.05) is 36.1 Å². The Hall–Kier alpha value is -3.71. The highest BCUT2D eigenvalue weighted by Crippen LogP contribution is 2.26. The predicted octanol–water partition coefficient (Wildman–Crippen LogP) is 4.75. The number of nitrogens with zero attached hydrogens (tertiary/aromatic N) is 3. The molecule has 4 aromatic rings. The Morgan fingerprint density at radius 1 is 1.00 bits per heavy atom. The summed E-state index contributed by atoms with van der Waals surface area (Å²) in [6.07, 6.45) is 1.75. The van der Waals surface area contributed by atoms with Gasteiger partial charge in [-0.15, -0.1) is 0 Å². The Labute approximate surface area is 194 Å². The molecule has 170 valence electrons. The molecule has 0 saturated heterocycles. The number of aromatic amines is 1. The Morgan fingerprint density at radius 3 is 2.42 bits per heavy atom. The van der Waals surface area contributed by atoms with E-state index in [9.17, 15) is 4.79 Å². The third-order valence-electron chi connectivity index (χ3n) is 5.74. The Kier molecular flexibility index (Phi) is 7.00. The van der Waals surface area contributed by atoms with Crippen molar-refractivity contribution in [1.82, 2.24) is 25.2 Å². The normalized spacial score (nSPS) is 11.2. The number of hydrogen-bond acceptors (Lipinski definition) is 5. The minimum Gasteiger partial charge on any atom is -0.351 e. The van der Waals surface area contributed by atoms with Gasteiger partial charge >= 0.3 is 0 Å². The van der Waals surface area contributed by atoms with Gasteiger partial charge in [0.1, 0.15) is 11.3 Å². The number of benzene rings is 2. The minimum atomic E-state index is -0.0658. The predicted molar refractivity (Wildman–Crippen MR) is 134 cm³/mol. The van der Waals surface area contributed by atoms with Gasteiger partial charge in [-0.3, -0.25) is 4.79 Å². The summed E-state index contributed by atoms with van der Waals surface area (Å²) in [5.74, 6) is 1.40. The first-order chi connectivity index (χ1) is 16.1. The first-order valence-electron chi connectivity index (χ1n) is 11.4. The van der Waals surface area contributed by atoms with E-state index in [4.69, 9.17) is 4.98 Å². The van der Waals surface area contributed by atoms with E-state index >= 15 is 0 Å². The van der Waals surface area contributed by atoms with Crippen LogP contribution in [0.25, 0.3) is 22.4 Å². The molecule has 7 nitrogen and oxygen atoms in total. The maximum Gasteiger partial charge on any atom is 0.251 e. The summed E-state index contributed by atoms with van der Waals surface area (Å²) in [5, 5.41) is 6.31. The average Bonchev–Trinajstić information content (AvgIpc) is 3.28. The van der Waals surface area contributed by atoms with E-state index in [1.165, 1.54) is 5.56 Å². The van der Waals surface area contributed by atoms with E-state index in [0.29, 0.717) is 17.9 Å². The van der Waals surface area contributed by atoms with Crippen LogP contribution < -0.4 is 10.6 Å². The smallest absolute Gasteiger partial charge is 0.251 e. The number of anilines is 2. The van der Waals surface area contributed by atoms with Crippen molar-refractivity contribution in [3.05, 3.63) is 71.9 Å². The number of carbonyl (C=O) groups is 1. The van der Waals surface area contributed by atoms with Crippen molar-refractivity contribution in [3.63, 3.8) is 0 Å². The van der Waals surface area contributed by atoms with E-state index in [1.807, 2.05) is 30.3 Å². The number of pyridine rings is 1. The maximum absolute atomic E-state index is 12.4. The van der Waals surface area contributed by atoms with Gasteiger partial charge in [-0.05, 0) is 50.3 Å². The number of H-pyrrole nitrogens is 1. The molecular weight excluding hydrogens is 412 g/mol. The number of hydrogen-bond donors (Lipinski definition) is 3. The Balaban J connectivity index is 1.45. The quantitative estimate of drug-likeness (QED) is 0.348. The molecule has 2 heterocycles. The van der Waals surface area contributed by atoms with Crippen molar-refractivity contribution in [2.75, 3.05) is 31.5 Å². The number of amides is 1. The van der Waals surface area contributed by atoms with Gasteiger partial charge in [0.25, 0.3) is 5.91 Å². The van der Waals surface area contributed by atoms with Crippen molar-refractivity contribution in [2.45, 2.75) is 20.8 Å². The molecule has 0 aliphatic rings. The van der Waals surface area contributed by atoms with Crippen LogP contribution in [0.15, 0.2) is 60.8 Å². The SMILES string of the molecule is CCN(CC)CCNC(=O)c1ccc(Nc2nccc3[nH]c(-c4ccc(C)cc4)nc23)cc1. The summed E-state index contributed by atoms with van der Waals surface area (Å²) in [4.78, 5) is 27.3. The largest absolute Gasteiger partial charge is 0.351 e. The Morgan fingerprint density at radius 2 is 1.73 bits per heavy atom. The fourth-order valence-electron chi connectivity index (χ4n) is 3.69. The van der Waals surface area contributed by atoms with Crippen LogP contribution in [0.3, 0.4) is 0 Å². The van der Waals surface area contributed by atoms with Gasteiger partial charge < -0.3 is 20.5 Å². The second-order valence-corrected chi connectivity index (χ2v) is 7.99. The zero-order valence-electron chi connectivity index (χ0n) is 19.4. The molecule has 0 radical (unpaired) electrons. The topological polar surface area (TPSA) is 85.9 Å². The van der Waals surface area contributed by atoms with Gasteiger partial charge in [0.15, 0.2) is 5.82 Å². The molecule has 33 heavy (non-hydrogen) atoms. The molecule has 7 heteroatoms. The third-order valence-corrected chi connectivity index (χ3v) is 5.74. The van der Waals surface area contributed by atoms with Crippen molar-refractivity contribution in [1.29, 1.82) is 0 Å². The highest BCUT2D eigenvalue weighted by molar-refractivity contribution is 5.95. The molecule has 0 bridgehead atoms. The number of carbonyl (C=O) groups excluding carboxylic acids is 1. The van der Waals surface area contributed by atoms with Crippen LogP contribution in [0.5, 0.6) is 0 Å². The van der Waals surface area contributed by atoms with Gasteiger partial charge in [0.05, 0.1) is 5.52 Å². The number of rotatable bonds is 9. The lowest BCUT2D eigenvalue weighted by Crippen LogP contribution is -2.34. The van der Waals surface area contributed by atoms with Crippen LogP contribution in [-0.2, 0) is 0 Å². The summed E-state index contributed by atoms with van der Waals surface area (Å²) in [6.45, 7) is 9.76. The standard InChI is InChI=1S/C26H30N6O/c1-4-32(5-2)17-16-28-26(33)20-10-12-21(13-11-20)29-25-23-22(14-15-27-25)30-24(31-23)19-8-6-18(3)7-9-19/h6-15H,4-5,16-17H2,1-3H3,(H,27,29)(H,28,33)(H,30,31). The molecule has 0 aliphatic carbocycles. The molecule has 3 N–H and O–H groups in total. The number of imidazole rings is 1. The van der Waals surface area contributed by atoms with E-state index in [0.717, 1.165) is 47.7 Å². The molecule has 1 amide bonds. The fraction of sp³-hybridized carbons (Fsp3) is 0.269. The van der Waals surface area contributed by atoms with E-state index < -0.39 is 0 Å². The molecule has 2 aromatic carbocycles. The second-order valence-electron chi connectivity index (χ2n) is 7.99. The zero-order valence-corrected chi connectivity index (χ0v) is 19.4. The van der Waals surface area contributed by atoms with Crippen LogP contribution in [0.4, 0.5) is 11.5 Å². The molecule has 2 aromatic heterocycles. The molecule has 0 aliphatic heterocycles. The molecule has 4 rings (SSSR count). The molecule has 0 spiro atoms. The second kappa shape index (κ2) is 10.3. The Bertz CT molecular complexity index is 1210. The summed E-state index contributed by atoms with van der Waals surface area (Å²) in [5.41, 5.74) is 5.39. The first kappa shape index (κ1) is 22.5. The summed E-state index contributed by atoms with van der Waals surface area (Å²) in [6, 6.07) is 17.6. The lowest BCUT2D eigenvalue weighted by atomic mass is 10.1. The molecular formula is C26H30N6O. The monoisotopic (exact) mass is 442 g/mol. The first-order valence-corrected chi connectivity index (χ1v) is 11.4.